The van der Waals surface area contributed by atoms with E-state index in [9.17, 15) is 4.79 Å². The van der Waals surface area contributed by atoms with Crippen molar-refractivity contribution in [2.24, 2.45) is 11.1 Å². The molecular weight excluding hydrogens is 214 g/mol. The summed E-state index contributed by atoms with van der Waals surface area (Å²) in [5, 5.41) is 4.09. The third kappa shape index (κ3) is 4.14. The molecule has 0 radical (unpaired) electrons. The van der Waals surface area contributed by atoms with E-state index in [2.05, 4.69) is 5.16 Å². The average Bonchev–Trinajstić information content (AvgIpc) is 2.65. The first-order valence-electron chi connectivity index (χ1n) is 7.13. The summed E-state index contributed by atoms with van der Waals surface area (Å²) in [6.45, 7) is 0. The molecule has 96 valence electrons. The van der Waals surface area contributed by atoms with E-state index in [4.69, 9.17) is 4.84 Å². The zero-order valence-electron chi connectivity index (χ0n) is 10.6. The first-order chi connectivity index (χ1) is 8.36. The monoisotopic (exact) mass is 237 g/mol. The molecule has 0 unspecified atom stereocenters. The van der Waals surface area contributed by atoms with Crippen molar-refractivity contribution in [1.29, 1.82) is 0 Å². The molecule has 0 aromatic carbocycles. The van der Waals surface area contributed by atoms with Gasteiger partial charge in [0, 0.05) is 0 Å². The summed E-state index contributed by atoms with van der Waals surface area (Å²) in [5.74, 6) is 0.0142. The zero-order valence-corrected chi connectivity index (χ0v) is 10.6. The fraction of sp³-hybridized carbons (Fsp3) is 0.857. The van der Waals surface area contributed by atoms with Crippen molar-refractivity contribution in [3.8, 4) is 0 Å². The molecule has 0 spiro atoms. The maximum atomic E-state index is 11.8. The topological polar surface area (TPSA) is 38.7 Å². The van der Waals surface area contributed by atoms with E-state index in [1.807, 2.05) is 0 Å². The van der Waals surface area contributed by atoms with Crippen molar-refractivity contribution in [3.05, 3.63) is 0 Å². The summed E-state index contributed by atoms with van der Waals surface area (Å²) in [6.07, 6.45) is 12.6. The van der Waals surface area contributed by atoms with Crippen molar-refractivity contribution in [2.75, 3.05) is 0 Å². The van der Waals surface area contributed by atoms with Crippen LogP contribution in [0.25, 0.3) is 0 Å². The van der Waals surface area contributed by atoms with Crippen LogP contribution in [0.5, 0.6) is 0 Å². The van der Waals surface area contributed by atoms with Gasteiger partial charge in [-0.15, -0.1) is 0 Å². The van der Waals surface area contributed by atoms with Crippen LogP contribution in [0.2, 0.25) is 0 Å². The highest BCUT2D eigenvalue weighted by Crippen LogP contribution is 2.25. The minimum Gasteiger partial charge on any atom is -0.318 e. The standard InChI is InChI=1S/C14H23NO2/c16-14(12-8-4-3-5-9-12)17-15-13-10-6-1-2-7-11-13/h12H,1-11H2. The molecule has 2 aliphatic carbocycles. The van der Waals surface area contributed by atoms with E-state index in [0.717, 1.165) is 44.2 Å². The van der Waals surface area contributed by atoms with Crippen LogP contribution < -0.4 is 0 Å². The van der Waals surface area contributed by atoms with E-state index < -0.39 is 0 Å². The normalized spacial score (nSPS) is 22.9. The molecule has 0 atom stereocenters. The highest BCUT2D eigenvalue weighted by molar-refractivity contribution is 5.85. The average molecular weight is 237 g/mol. The van der Waals surface area contributed by atoms with E-state index in [-0.39, 0.29) is 11.9 Å². The van der Waals surface area contributed by atoms with Crippen LogP contribution in [-0.4, -0.2) is 11.7 Å². The van der Waals surface area contributed by atoms with Crippen LogP contribution in [0.3, 0.4) is 0 Å². The number of oxime groups is 1. The molecule has 0 aromatic rings. The van der Waals surface area contributed by atoms with Gasteiger partial charge in [0.1, 0.15) is 0 Å². The Balaban J connectivity index is 1.78. The molecule has 3 nitrogen and oxygen atoms in total. The van der Waals surface area contributed by atoms with Crippen molar-refractivity contribution < 1.29 is 9.63 Å². The van der Waals surface area contributed by atoms with Crippen molar-refractivity contribution in [3.63, 3.8) is 0 Å². The Bertz CT molecular complexity index is 270. The van der Waals surface area contributed by atoms with Gasteiger partial charge >= 0.3 is 5.97 Å². The van der Waals surface area contributed by atoms with Crippen molar-refractivity contribution in [1.82, 2.24) is 0 Å². The Hall–Kier alpha value is -0.860. The first-order valence-corrected chi connectivity index (χ1v) is 7.13. The van der Waals surface area contributed by atoms with Gasteiger partial charge in [-0.05, 0) is 38.5 Å². The van der Waals surface area contributed by atoms with Gasteiger partial charge in [0.05, 0.1) is 11.6 Å². The molecule has 0 saturated heterocycles. The van der Waals surface area contributed by atoms with Crippen LogP contribution in [-0.2, 0) is 9.63 Å². The molecule has 0 aliphatic heterocycles. The second-order valence-corrected chi connectivity index (χ2v) is 5.32. The highest BCUT2D eigenvalue weighted by Gasteiger charge is 2.23. The predicted octanol–water partition coefficient (Wildman–Crippen LogP) is 3.82. The molecule has 0 N–H and O–H groups in total. The van der Waals surface area contributed by atoms with Gasteiger partial charge in [-0.3, -0.25) is 0 Å². The maximum Gasteiger partial charge on any atom is 0.338 e. The first kappa shape index (κ1) is 12.6. The van der Waals surface area contributed by atoms with Gasteiger partial charge in [0.2, 0.25) is 0 Å². The van der Waals surface area contributed by atoms with Crippen LogP contribution in [0.15, 0.2) is 5.16 Å². The van der Waals surface area contributed by atoms with Crippen molar-refractivity contribution in [2.45, 2.75) is 70.6 Å². The molecule has 2 aliphatic rings. The molecule has 0 heterocycles. The number of carbonyl (C=O) groups excluding carboxylic acids is 1. The fourth-order valence-electron chi connectivity index (χ4n) is 2.75. The molecule has 0 bridgehead atoms. The predicted molar refractivity (Wildman–Crippen MR) is 67.8 cm³/mol. The smallest absolute Gasteiger partial charge is 0.318 e. The van der Waals surface area contributed by atoms with Crippen LogP contribution in [0.4, 0.5) is 0 Å². The van der Waals surface area contributed by atoms with Crippen LogP contribution >= 0.6 is 0 Å². The van der Waals surface area contributed by atoms with Gasteiger partial charge < -0.3 is 4.84 Å². The number of rotatable bonds is 2. The maximum absolute atomic E-state index is 11.8. The van der Waals surface area contributed by atoms with Crippen LogP contribution in [0, 0.1) is 5.92 Å². The highest BCUT2D eigenvalue weighted by atomic mass is 16.7. The summed E-state index contributed by atoms with van der Waals surface area (Å²) in [4.78, 5) is 16.9. The molecule has 0 amide bonds. The fourth-order valence-corrected chi connectivity index (χ4v) is 2.75. The largest absolute Gasteiger partial charge is 0.338 e. The third-order valence-electron chi connectivity index (χ3n) is 3.88. The molecule has 2 fully saturated rings. The minimum absolute atomic E-state index is 0.0959. The Morgan fingerprint density at radius 3 is 2.18 bits per heavy atom. The van der Waals surface area contributed by atoms with E-state index in [0.29, 0.717) is 0 Å². The summed E-state index contributed by atoms with van der Waals surface area (Å²) in [6, 6.07) is 0. The van der Waals surface area contributed by atoms with Gasteiger partial charge in [-0.1, -0.05) is 37.3 Å². The Kier molecular flexibility index (Phi) is 5.02. The number of hydrogen-bond acceptors (Lipinski definition) is 3. The van der Waals surface area contributed by atoms with E-state index in [1.165, 1.54) is 32.1 Å². The van der Waals surface area contributed by atoms with Crippen LogP contribution in [0.1, 0.15) is 70.6 Å². The molecule has 17 heavy (non-hydrogen) atoms. The number of hydrogen-bond donors (Lipinski definition) is 0. The molecule has 3 heteroatoms. The quantitative estimate of drug-likeness (QED) is 0.416. The summed E-state index contributed by atoms with van der Waals surface area (Å²) in [5.41, 5.74) is 1.09. The van der Waals surface area contributed by atoms with Gasteiger partial charge in [0.25, 0.3) is 0 Å². The lowest BCUT2D eigenvalue weighted by Crippen LogP contribution is -2.19. The lowest BCUT2D eigenvalue weighted by Gasteiger charge is -2.18. The second-order valence-electron chi connectivity index (χ2n) is 5.32. The molecular formula is C14H23NO2. The Labute approximate surface area is 104 Å². The summed E-state index contributed by atoms with van der Waals surface area (Å²) >= 11 is 0. The van der Waals surface area contributed by atoms with E-state index in [1.54, 1.807) is 0 Å². The van der Waals surface area contributed by atoms with Gasteiger partial charge in [-0.25, -0.2) is 4.79 Å². The second kappa shape index (κ2) is 6.77. The van der Waals surface area contributed by atoms with Crippen molar-refractivity contribution >= 4 is 11.7 Å². The SMILES string of the molecule is O=C(ON=C1CCCCCC1)C1CCCCC1. The molecule has 0 aromatic heterocycles. The Morgan fingerprint density at radius 2 is 1.53 bits per heavy atom. The molecule has 2 saturated carbocycles. The summed E-state index contributed by atoms with van der Waals surface area (Å²) in [7, 11) is 0. The lowest BCUT2D eigenvalue weighted by molar-refractivity contribution is -0.149. The van der Waals surface area contributed by atoms with Gasteiger partial charge in [0.15, 0.2) is 0 Å². The number of carbonyl (C=O) groups is 1. The number of nitrogens with zero attached hydrogens (tertiary/aromatic N) is 1. The molecule has 2 rings (SSSR count). The van der Waals surface area contributed by atoms with Gasteiger partial charge in [-0.2, -0.15) is 0 Å². The lowest BCUT2D eigenvalue weighted by atomic mass is 9.89. The zero-order chi connectivity index (χ0) is 11.9. The Morgan fingerprint density at radius 1 is 0.941 bits per heavy atom. The third-order valence-corrected chi connectivity index (χ3v) is 3.88. The minimum atomic E-state index is -0.0959. The van der Waals surface area contributed by atoms with E-state index >= 15 is 0 Å². The summed E-state index contributed by atoms with van der Waals surface area (Å²) < 4.78 is 0.